The molecule has 0 aliphatic heterocycles. The highest BCUT2D eigenvalue weighted by Crippen LogP contribution is 2.14. The van der Waals surface area contributed by atoms with Crippen LogP contribution in [0.25, 0.3) is 0 Å². The van der Waals surface area contributed by atoms with Crippen LogP contribution in [0.4, 0.5) is 0 Å². The molecule has 2 unspecified atom stereocenters. The molecule has 0 heterocycles. The minimum atomic E-state index is -0.764. The van der Waals surface area contributed by atoms with Crippen LogP contribution >= 0.6 is 0 Å². The van der Waals surface area contributed by atoms with Gasteiger partial charge in [0.05, 0.1) is 19.0 Å². The Kier molecular flexibility index (Phi) is 5.76. The van der Waals surface area contributed by atoms with E-state index in [2.05, 4.69) is 6.58 Å². The lowest BCUT2D eigenvalue weighted by Crippen LogP contribution is -2.33. The first kappa shape index (κ1) is 13.4. The third-order valence-electron chi connectivity index (χ3n) is 1.39. The van der Waals surface area contributed by atoms with Crippen molar-refractivity contribution in [3.8, 4) is 0 Å². The van der Waals surface area contributed by atoms with E-state index in [0.29, 0.717) is 0 Å². The molecule has 84 valence electrons. The minimum Gasteiger partial charge on any atom is -0.471 e. The summed E-state index contributed by atoms with van der Waals surface area (Å²) in [7, 11) is 0. The van der Waals surface area contributed by atoms with Crippen LogP contribution in [0.15, 0.2) is 12.8 Å². The molecule has 0 aromatic heterocycles. The first-order valence-corrected chi connectivity index (χ1v) is 4.63. The van der Waals surface area contributed by atoms with E-state index in [1.54, 1.807) is 27.7 Å². The Hall–Kier alpha value is -0.580. The molecular weight excluding hydrogens is 184 g/mol. The lowest BCUT2D eigenvalue weighted by molar-refractivity contribution is -0.273. The van der Waals surface area contributed by atoms with E-state index in [9.17, 15) is 0 Å². The minimum absolute atomic E-state index is 0.241. The second kappa shape index (κ2) is 6.01. The molecule has 0 saturated carbocycles. The third kappa shape index (κ3) is 6.88. The van der Waals surface area contributed by atoms with Gasteiger partial charge < -0.3 is 19.3 Å². The fraction of sp³-hybridized carbons (Fsp3) is 0.800. The number of ether oxygens (including phenoxy) is 3. The summed E-state index contributed by atoms with van der Waals surface area (Å²) >= 11 is 0. The zero-order chi connectivity index (χ0) is 11.2. The highest BCUT2D eigenvalue weighted by atomic mass is 16.8. The molecule has 2 atom stereocenters. The van der Waals surface area contributed by atoms with Gasteiger partial charge in [-0.2, -0.15) is 0 Å². The van der Waals surface area contributed by atoms with Crippen molar-refractivity contribution in [2.24, 2.45) is 0 Å². The summed E-state index contributed by atoms with van der Waals surface area (Å²) < 4.78 is 15.7. The molecular formula is C10H20O4. The van der Waals surface area contributed by atoms with E-state index in [1.165, 1.54) is 6.26 Å². The Balaban J connectivity index is 3.79. The molecule has 4 nitrogen and oxygen atoms in total. The summed E-state index contributed by atoms with van der Waals surface area (Å²) in [5, 5.41) is 8.97. The number of aliphatic hydroxyl groups is 1. The molecule has 0 fully saturated rings. The van der Waals surface area contributed by atoms with Gasteiger partial charge in [-0.1, -0.05) is 6.58 Å². The second-order valence-electron chi connectivity index (χ2n) is 3.55. The summed E-state index contributed by atoms with van der Waals surface area (Å²) in [6.07, 6.45) is 0.394. The van der Waals surface area contributed by atoms with Crippen LogP contribution in [0, 0.1) is 0 Å². The first-order valence-electron chi connectivity index (χ1n) is 4.63. The zero-order valence-electron chi connectivity index (χ0n) is 9.32. The van der Waals surface area contributed by atoms with Crippen molar-refractivity contribution < 1.29 is 19.3 Å². The molecule has 14 heavy (non-hydrogen) atoms. The van der Waals surface area contributed by atoms with E-state index in [1.807, 2.05) is 0 Å². The van der Waals surface area contributed by atoms with Gasteiger partial charge in [0.25, 0.3) is 0 Å². The molecule has 0 aliphatic rings. The monoisotopic (exact) mass is 204 g/mol. The summed E-state index contributed by atoms with van der Waals surface area (Å²) in [6.45, 7) is 10.6. The molecule has 0 aliphatic carbocycles. The van der Waals surface area contributed by atoms with Crippen LogP contribution in [0.2, 0.25) is 0 Å². The fourth-order valence-electron chi connectivity index (χ4n) is 0.937. The van der Waals surface area contributed by atoms with Crippen molar-refractivity contribution in [3.63, 3.8) is 0 Å². The highest BCUT2D eigenvalue weighted by molar-refractivity contribution is 4.61. The molecule has 0 spiro atoms. The van der Waals surface area contributed by atoms with Crippen LogP contribution < -0.4 is 0 Å². The predicted octanol–water partition coefficient (Wildman–Crippen LogP) is 1.64. The topological polar surface area (TPSA) is 47.9 Å². The smallest absolute Gasteiger partial charge is 0.206 e. The van der Waals surface area contributed by atoms with Crippen LogP contribution in [0.3, 0.4) is 0 Å². The highest BCUT2D eigenvalue weighted by Gasteiger charge is 2.22. The van der Waals surface area contributed by atoms with Crippen molar-refractivity contribution >= 4 is 0 Å². The molecule has 0 radical (unpaired) electrons. The Morgan fingerprint density at radius 2 is 2.00 bits per heavy atom. The molecule has 0 bridgehead atoms. The normalized spacial score (nSPS) is 16.1. The Morgan fingerprint density at radius 3 is 2.43 bits per heavy atom. The van der Waals surface area contributed by atoms with Gasteiger partial charge >= 0.3 is 0 Å². The van der Waals surface area contributed by atoms with E-state index >= 15 is 0 Å². The Labute approximate surface area is 85.5 Å². The van der Waals surface area contributed by atoms with Gasteiger partial charge in [-0.25, -0.2) is 0 Å². The lowest BCUT2D eigenvalue weighted by atomic mass is 10.4. The van der Waals surface area contributed by atoms with Crippen LogP contribution in [-0.4, -0.2) is 29.9 Å². The number of aliphatic hydroxyl groups excluding tert-OH is 1. The van der Waals surface area contributed by atoms with Gasteiger partial charge in [0.1, 0.15) is 0 Å². The quantitative estimate of drug-likeness (QED) is 0.506. The molecule has 0 aromatic carbocycles. The maximum absolute atomic E-state index is 8.97. The van der Waals surface area contributed by atoms with E-state index in [4.69, 9.17) is 19.3 Å². The van der Waals surface area contributed by atoms with Gasteiger partial charge in [0, 0.05) is 13.8 Å². The maximum atomic E-state index is 8.97. The van der Waals surface area contributed by atoms with Gasteiger partial charge in [0.15, 0.2) is 6.29 Å². The maximum Gasteiger partial charge on any atom is 0.206 e. The van der Waals surface area contributed by atoms with Gasteiger partial charge in [-0.3, -0.25) is 0 Å². The number of rotatable bonds is 7. The number of hydrogen-bond acceptors (Lipinski definition) is 4. The van der Waals surface area contributed by atoms with Gasteiger partial charge in [-0.15, -0.1) is 0 Å². The van der Waals surface area contributed by atoms with Crippen LogP contribution in [-0.2, 0) is 14.2 Å². The molecule has 1 N–H and O–H groups in total. The lowest BCUT2D eigenvalue weighted by Gasteiger charge is -2.28. The fourth-order valence-corrected chi connectivity index (χ4v) is 0.937. The molecule has 0 amide bonds. The second-order valence-corrected chi connectivity index (χ2v) is 3.55. The largest absolute Gasteiger partial charge is 0.471 e. The standard InChI is InChI=1S/C10H20O4/c1-6-13-10(4,5)14-9(3)12-7-8(2)11/h6,8-9,11H,1,7H2,2-5H3. The van der Waals surface area contributed by atoms with Crippen molar-refractivity contribution in [2.75, 3.05) is 6.61 Å². The summed E-state index contributed by atoms with van der Waals surface area (Å²) in [6, 6.07) is 0. The average molecular weight is 204 g/mol. The Morgan fingerprint density at radius 1 is 1.43 bits per heavy atom. The third-order valence-corrected chi connectivity index (χ3v) is 1.39. The van der Waals surface area contributed by atoms with Gasteiger partial charge in [-0.05, 0) is 13.8 Å². The van der Waals surface area contributed by atoms with Crippen LogP contribution in [0.5, 0.6) is 0 Å². The van der Waals surface area contributed by atoms with E-state index in [-0.39, 0.29) is 6.61 Å². The average Bonchev–Trinajstić information content (AvgIpc) is 1.99. The number of hydrogen-bond donors (Lipinski definition) is 1. The summed E-state index contributed by atoms with van der Waals surface area (Å²) in [5.41, 5.74) is 0. The van der Waals surface area contributed by atoms with Gasteiger partial charge in [0.2, 0.25) is 5.79 Å². The first-order chi connectivity index (χ1) is 6.37. The van der Waals surface area contributed by atoms with Crippen molar-refractivity contribution in [1.82, 2.24) is 0 Å². The Bertz CT molecular complexity index is 166. The van der Waals surface area contributed by atoms with Crippen molar-refractivity contribution in [1.29, 1.82) is 0 Å². The molecule has 0 aromatic rings. The summed E-state index contributed by atoms with van der Waals surface area (Å²) in [5.74, 6) is -0.764. The van der Waals surface area contributed by atoms with Crippen LogP contribution in [0.1, 0.15) is 27.7 Å². The molecule has 0 rings (SSSR count). The SMILES string of the molecule is C=COC(C)(C)OC(C)OCC(C)O. The van der Waals surface area contributed by atoms with Crippen molar-refractivity contribution in [3.05, 3.63) is 12.8 Å². The van der Waals surface area contributed by atoms with E-state index in [0.717, 1.165) is 0 Å². The summed E-state index contributed by atoms with van der Waals surface area (Å²) in [4.78, 5) is 0. The zero-order valence-corrected chi connectivity index (χ0v) is 9.32. The molecule has 4 heteroatoms. The predicted molar refractivity (Wildman–Crippen MR) is 53.5 cm³/mol. The van der Waals surface area contributed by atoms with Crippen molar-refractivity contribution in [2.45, 2.75) is 45.9 Å². The molecule has 0 saturated heterocycles. The van der Waals surface area contributed by atoms with E-state index < -0.39 is 18.2 Å².